The Labute approximate surface area is 96.3 Å². The summed E-state index contributed by atoms with van der Waals surface area (Å²) in [6.45, 7) is 0. The van der Waals surface area contributed by atoms with Gasteiger partial charge in [0, 0.05) is 0 Å². The predicted octanol–water partition coefficient (Wildman–Crippen LogP) is 4.37. The highest BCUT2D eigenvalue weighted by atomic mass is 14.2. The second-order valence-electron chi connectivity index (χ2n) is 4.21. The lowest BCUT2D eigenvalue weighted by Crippen LogP contribution is -1.84. The van der Waals surface area contributed by atoms with Crippen molar-refractivity contribution in [2.24, 2.45) is 0 Å². The zero-order chi connectivity index (χ0) is 10.8. The maximum Gasteiger partial charge on any atom is -0.0184 e. The SMILES string of the molecule is C1=C2/C(=C/C=C\C=C/c3ccc2cc3)CC1. The Morgan fingerprint density at radius 2 is 1.75 bits per heavy atom. The molecule has 0 heterocycles. The quantitative estimate of drug-likeness (QED) is 0.591. The molecule has 2 bridgehead atoms. The number of benzene rings is 1. The van der Waals surface area contributed by atoms with Crippen LogP contribution in [0.4, 0.5) is 0 Å². The molecular formula is C16H14. The van der Waals surface area contributed by atoms with Crippen LogP contribution in [-0.2, 0) is 0 Å². The lowest BCUT2D eigenvalue weighted by molar-refractivity contribution is 1.06. The first-order chi connectivity index (χ1) is 7.93. The molecule has 0 saturated heterocycles. The second-order valence-corrected chi connectivity index (χ2v) is 4.21. The van der Waals surface area contributed by atoms with E-state index in [0.717, 1.165) is 0 Å². The molecular weight excluding hydrogens is 192 g/mol. The molecule has 0 nitrogen and oxygen atoms in total. The molecule has 0 spiro atoms. The number of hydrogen-bond donors (Lipinski definition) is 0. The third kappa shape index (κ3) is 1.67. The topological polar surface area (TPSA) is 0 Å². The Morgan fingerprint density at radius 1 is 0.875 bits per heavy atom. The third-order valence-electron chi connectivity index (χ3n) is 3.14. The van der Waals surface area contributed by atoms with Gasteiger partial charge in [-0.3, -0.25) is 0 Å². The van der Waals surface area contributed by atoms with Crippen molar-refractivity contribution in [3.8, 4) is 0 Å². The summed E-state index contributed by atoms with van der Waals surface area (Å²) >= 11 is 0. The molecule has 0 aromatic heterocycles. The standard InChI is InChI=1S/C16H14/c1-2-5-13-9-11-15(12-10-13)16-8-4-7-14(16)6-3-1/h1-3,5-6,8-12H,4,7H2/b3-1-,5-2-,14-6+. The van der Waals surface area contributed by atoms with Crippen molar-refractivity contribution in [3.05, 3.63) is 71.3 Å². The van der Waals surface area contributed by atoms with E-state index in [0.29, 0.717) is 0 Å². The normalized spacial score (nSPS) is 25.0. The fraction of sp³-hybridized carbons (Fsp3) is 0.125. The van der Waals surface area contributed by atoms with Crippen LogP contribution in [0.3, 0.4) is 0 Å². The van der Waals surface area contributed by atoms with E-state index in [-0.39, 0.29) is 0 Å². The Balaban J connectivity index is 2.17. The van der Waals surface area contributed by atoms with Gasteiger partial charge in [0.05, 0.1) is 0 Å². The summed E-state index contributed by atoms with van der Waals surface area (Å²) in [6.07, 6.45) is 15.4. The smallest absolute Gasteiger partial charge is 0.0184 e. The van der Waals surface area contributed by atoms with Crippen molar-refractivity contribution in [3.63, 3.8) is 0 Å². The number of fused-ring (bicyclic) bond motifs is 4. The van der Waals surface area contributed by atoms with Crippen LogP contribution in [0.2, 0.25) is 0 Å². The minimum atomic E-state index is 1.17. The van der Waals surface area contributed by atoms with Crippen LogP contribution >= 0.6 is 0 Å². The van der Waals surface area contributed by atoms with Gasteiger partial charge < -0.3 is 0 Å². The van der Waals surface area contributed by atoms with Crippen LogP contribution in [0.1, 0.15) is 24.0 Å². The Hall–Kier alpha value is -1.82. The molecule has 4 rings (SSSR count). The van der Waals surface area contributed by atoms with Crippen LogP contribution in [0.5, 0.6) is 0 Å². The highest BCUT2D eigenvalue weighted by molar-refractivity contribution is 5.82. The van der Waals surface area contributed by atoms with Gasteiger partial charge in [0.1, 0.15) is 0 Å². The van der Waals surface area contributed by atoms with Gasteiger partial charge in [0.2, 0.25) is 0 Å². The average molecular weight is 206 g/mol. The molecule has 0 atom stereocenters. The molecule has 3 aliphatic carbocycles. The largest absolute Gasteiger partial charge is 0.0761 e. The summed E-state index contributed by atoms with van der Waals surface area (Å²) in [5.41, 5.74) is 5.48. The van der Waals surface area contributed by atoms with Crippen LogP contribution in [0, 0.1) is 0 Å². The van der Waals surface area contributed by atoms with Gasteiger partial charge >= 0.3 is 0 Å². The van der Waals surface area contributed by atoms with Crippen LogP contribution in [0.15, 0.2) is 60.2 Å². The summed E-state index contributed by atoms with van der Waals surface area (Å²) in [7, 11) is 0. The van der Waals surface area contributed by atoms with Gasteiger partial charge in [0.25, 0.3) is 0 Å². The van der Waals surface area contributed by atoms with E-state index >= 15 is 0 Å². The highest BCUT2D eigenvalue weighted by Gasteiger charge is 2.12. The second kappa shape index (κ2) is 3.97. The van der Waals surface area contributed by atoms with Crippen molar-refractivity contribution in [1.29, 1.82) is 0 Å². The van der Waals surface area contributed by atoms with Gasteiger partial charge in [-0.15, -0.1) is 0 Å². The van der Waals surface area contributed by atoms with Gasteiger partial charge in [-0.2, -0.15) is 0 Å². The number of hydrogen-bond acceptors (Lipinski definition) is 0. The van der Waals surface area contributed by atoms with Gasteiger partial charge in [0.15, 0.2) is 0 Å². The molecule has 1 aromatic rings. The van der Waals surface area contributed by atoms with E-state index in [1.807, 2.05) is 0 Å². The van der Waals surface area contributed by atoms with Crippen LogP contribution in [0.25, 0.3) is 11.6 Å². The Bertz CT molecular complexity index is 507. The summed E-state index contributed by atoms with van der Waals surface area (Å²) in [5, 5.41) is 0. The summed E-state index contributed by atoms with van der Waals surface area (Å²) < 4.78 is 0. The van der Waals surface area contributed by atoms with Gasteiger partial charge in [-0.05, 0) is 35.1 Å². The van der Waals surface area contributed by atoms with Crippen molar-refractivity contribution < 1.29 is 0 Å². The Morgan fingerprint density at radius 3 is 2.62 bits per heavy atom. The lowest BCUT2D eigenvalue weighted by atomic mass is 9.99. The van der Waals surface area contributed by atoms with Gasteiger partial charge in [-0.25, -0.2) is 0 Å². The molecule has 0 N–H and O–H groups in total. The summed E-state index contributed by atoms with van der Waals surface area (Å²) in [6, 6.07) is 8.80. The minimum Gasteiger partial charge on any atom is -0.0761 e. The molecule has 16 heavy (non-hydrogen) atoms. The maximum absolute atomic E-state index is 2.35. The zero-order valence-corrected chi connectivity index (χ0v) is 9.19. The van der Waals surface area contributed by atoms with E-state index in [1.54, 1.807) is 0 Å². The molecule has 3 aliphatic rings. The van der Waals surface area contributed by atoms with E-state index in [1.165, 1.54) is 35.1 Å². The molecule has 0 heteroatoms. The molecule has 0 saturated carbocycles. The molecule has 1 aromatic carbocycles. The number of allylic oxidation sites excluding steroid dienone is 7. The first-order valence-electron chi connectivity index (χ1n) is 5.78. The average Bonchev–Trinajstić information content (AvgIpc) is 2.76. The Kier molecular flexibility index (Phi) is 2.34. The fourth-order valence-electron chi connectivity index (χ4n) is 2.29. The van der Waals surface area contributed by atoms with Crippen LogP contribution in [-0.4, -0.2) is 0 Å². The first kappa shape index (κ1) is 9.41. The van der Waals surface area contributed by atoms with Gasteiger partial charge in [-0.1, -0.05) is 60.7 Å². The first-order valence-corrected chi connectivity index (χ1v) is 5.78. The maximum atomic E-state index is 2.35. The molecule has 0 amide bonds. The van der Waals surface area contributed by atoms with E-state index in [4.69, 9.17) is 0 Å². The van der Waals surface area contributed by atoms with Crippen molar-refractivity contribution in [2.75, 3.05) is 0 Å². The lowest BCUT2D eigenvalue weighted by Gasteiger charge is -2.05. The minimum absolute atomic E-state index is 1.17. The zero-order valence-electron chi connectivity index (χ0n) is 9.19. The highest BCUT2D eigenvalue weighted by Crippen LogP contribution is 2.33. The fourth-order valence-corrected chi connectivity index (χ4v) is 2.29. The molecule has 0 unspecified atom stereocenters. The molecule has 0 aliphatic heterocycles. The monoisotopic (exact) mass is 206 g/mol. The summed E-state index contributed by atoms with van der Waals surface area (Å²) in [5.74, 6) is 0. The van der Waals surface area contributed by atoms with E-state index < -0.39 is 0 Å². The van der Waals surface area contributed by atoms with E-state index in [2.05, 4.69) is 60.7 Å². The van der Waals surface area contributed by atoms with Crippen molar-refractivity contribution >= 4 is 11.6 Å². The molecule has 0 fully saturated rings. The van der Waals surface area contributed by atoms with Crippen molar-refractivity contribution in [1.82, 2.24) is 0 Å². The van der Waals surface area contributed by atoms with E-state index in [9.17, 15) is 0 Å². The third-order valence-corrected chi connectivity index (χ3v) is 3.14. The van der Waals surface area contributed by atoms with Crippen molar-refractivity contribution in [2.45, 2.75) is 12.8 Å². The number of rotatable bonds is 0. The molecule has 78 valence electrons. The summed E-state index contributed by atoms with van der Waals surface area (Å²) in [4.78, 5) is 0. The predicted molar refractivity (Wildman–Crippen MR) is 69.9 cm³/mol. The molecule has 0 radical (unpaired) electrons. The van der Waals surface area contributed by atoms with Crippen LogP contribution < -0.4 is 0 Å².